The van der Waals surface area contributed by atoms with Crippen LogP contribution in [0.3, 0.4) is 0 Å². The maximum Gasteiger partial charge on any atom is 0.326 e. The molecule has 6 nitrogen and oxygen atoms in total. The summed E-state index contributed by atoms with van der Waals surface area (Å²) in [6.45, 7) is 6.63. The third kappa shape index (κ3) is 5.86. The Labute approximate surface area is 237 Å². The van der Waals surface area contributed by atoms with Crippen molar-refractivity contribution in [1.29, 1.82) is 0 Å². The molecule has 2 aliphatic carbocycles. The van der Waals surface area contributed by atoms with E-state index < -0.39 is 17.9 Å². The zero-order chi connectivity index (χ0) is 28.4. The fraction of sp³-hybridized carbons (Fsp3) is 0.500. The standard InChI is InChI=1S/C34H42N2O4/c1-34(2,3)24-15-13-22(14-16-24)25-17-18-29(40-4)26-20-28(35-27(30(25)26)19-21-9-5-6-10-21)32(37)36-31(33(38)39)23-11-7-8-12-23/h13-18,20-21,23,31H,5-12,19H2,1-4H3,(H,36,37)(H,38,39)/t31-/m1/s1. The highest BCUT2D eigenvalue weighted by Crippen LogP contribution is 2.39. The average Bonchev–Trinajstić information content (AvgIpc) is 3.65. The van der Waals surface area contributed by atoms with Gasteiger partial charge < -0.3 is 15.2 Å². The van der Waals surface area contributed by atoms with Gasteiger partial charge in [-0.25, -0.2) is 9.78 Å². The van der Waals surface area contributed by atoms with Gasteiger partial charge in [0.2, 0.25) is 0 Å². The molecule has 5 rings (SSSR count). The normalized spacial score (nSPS) is 17.3. The van der Waals surface area contributed by atoms with Crippen LogP contribution < -0.4 is 10.1 Å². The number of nitrogens with one attached hydrogen (secondary N) is 1. The third-order valence-electron chi connectivity index (χ3n) is 8.93. The van der Waals surface area contributed by atoms with Crippen LogP contribution in [0.25, 0.3) is 21.9 Å². The van der Waals surface area contributed by atoms with Gasteiger partial charge in [-0.1, -0.05) is 83.6 Å². The Morgan fingerprint density at radius 1 is 1.00 bits per heavy atom. The Morgan fingerprint density at radius 3 is 2.25 bits per heavy atom. The van der Waals surface area contributed by atoms with E-state index in [1.165, 1.54) is 18.4 Å². The summed E-state index contributed by atoms with van der Waals surface area (Å²) in [5.74, 6) is -0.264. The first-order chi connectivity index (χ1) is 19.2. The van der Waals surface area contributed by atoms with Crippen LogP contribution in [0.5, 0.6) is 5.75 Å². The summed E-state index contributed by atoms with van der Waals surface area (Å²) >= 11 is 0. The Morgan fingerprint density at radius 2 is 1.65 bits per heavy atom. The molecule has 0 aliphatic heterocycles. The molecule has 1 heterocycles. The van der Waals surface area contributed by atoms with Gasteiger partial charge in [-0.2, -0.15) is 0 Å². The van der Waals surface area contributed by atoms with E-state index in [0.29, 0.717) is 11.7 Å². The molecular formula is C34H42N2O4. The molecular weight excluding hydrogens is 500 g/mol. The van der Waals surface area contributed by atoms with Crippen molar-refractivity contribution in [2.75, 3.05) is 7.11 Å². The number of methoxy groups -OCH3 is 1. The highest BCUT2D eigenvalue weighted by molar-refractivity contribution is 6.05. The summed E-state index contributed by atoms with van der Waals surface area (Å²) in [6, 6.07) is 13.6. The van der Waals surface area contributed by atoms with Gasteiger partial charge in [-0.05, 0) is 71.4 Å². The van der Waals surface area contributed by atoms with E-state index in [2.05, 4.69) is 56.4 Å². The first-order valence-corrected chi connectivity index (χ1v) is 14.8. The predicted molar refractivity (Wildman–Crippen MR) is 159 cm³/mol. The van der Waals surface area contributed by atoms with Crippen LogP contribution >= 0.6 is 0 Å². The van der Waals surface area contributed by atoms with Gasteiger partial charge in [0.15, 0.2) is 0 Å². The molecule has 2 fully saturated rings. The van der Waals surface area contributed by atoms with Crippen molar-refractivity contribution in [2.24, 2.45) is 11.8 Å². The lowest BCUT2D eigenvalue weighted by atomic mass is 9.85. The Bertz CT molecular complexity index is 1380. The van der Waals surface area contributed by atoms with Crippen molar-refractivity contribution in [3.05, 3.63) is 59.4 Å². The number of aromatic nitrogens is 1. The summed E-state index contributed by atoms with van der Waals surface area (Å²) in [5.41, 5.74) is 4.63. The second-order valence-electron chi connectivity index (χ2n) is 12.7. The monoisotopic (exact) mass is 542 g/mol. The lowest BCUT2D eigenvalue weighted by molar-refractivity contribution is -0.140. The quantitative estimate of drug-likeness (QED) is 0.311. The molecule has 6 heteroatoms. The second kappa shape index (κ2) is 11.6. The minimum Gasteiger partial charge on any atom is -0.496 e. The summed E-state index contributed by atoms with van der Waals surface area (Å²) in [7, 11) is 1.64. The molecule has 0 spiro atoms. The first kappa shape index (κ1) is 28.1. The fourth-order valence-corrected chi connectivity index (χ4v) is 6.63. The summed E-state index contributed by atoms with van der Waals surface area (Å²) in [6.07, 6.45) is 9.17. The van der Waals surface area contributed by atoms with E-state index in [4.69, 9.17) is 9.72 Å². The average molecular weight is 543 g/mol. The number of aliphatic carboxylic acids is 1. The number of ether oxygens (including phenoxy) is 1. The number of hydrogen-bond donors (Lipinski definition) is 2. The molecule has 212 valence electrons. The molecule has 2 aliphatic rings. The lowest BCUT2D eigenvalue weighted by Gasteiger charge is -2.22. The van der Waals surface area contributed by atoms with Gasteiger partial charge in [-0.15, -0.1) is 0 Å². The molecule has 3 aromatic rings. The van der Waals surface area contributed by atoms with E-state index in [9.17, 15) is 14.7 Å². The van der Waals surface area contributed by atoms with Crippen LogP contribution in [-0.2, 0) is 16.6 Å². The van der Waals surface area contributed by atoms with Gasteiger partial charge in [-0.3, -0.25) is 4.79 Å². The largest absolute Gasteiger partial charge is 0.496 e. The highest BCUT2D eigenvalue weighted by atomic mass is 16.5. The van der Waals surface area contributed by atoms with E-state index in [0.717, 1.165) is 72.5 Å². The number of hydrogen-bond acceptors (Lipinski definition) is 4. The molecule has 0 unspecified atom stereocenters. The number of carboxylic acids is 1. The number of carbonyl (C=O) groups excluding carboxylic acids is 1. The number of rotatable bonds is 8. The molecule has 0 bridgehead atoms. The smallest absolute Gasteiger partial charge is 0.326 e. The number of amides is 1. The van der Waals surface area contributed by atoms with Crippen molar-refractivity contribution < 1.29 is 19.4 Å². The van der Waals surface area contributed by atoms with Crippen LogP contribution in [0.2, 0.25) is 0 Å². The van der Waals surface area contributed by atoms with Gasteiger partial charge in [0.1, 0.15) is 17.5 Å². The minimum atomic E-state index is -0.981. The van der Waals surface area contributed by atoms with Crippen molar-refractivity contribution in [2.45, 2.75) is 90.0 Å². The lowest BCUT2D eigenvalue weighted by Crippen LogP contribution is -2.45. The maximum absolute atomic E-state index is 13.6. The Kier molecular flexibility index (Phi) is 8.16. The SMILES string of the molecule is COc1ccc(-c2ccc(C(C)(C)C)cc2)c2c(CC3CCCC3)nc(C(=O)N[C@@H](C(=O)O)C3CCCC3)cc12. The number of benzene rings is 2. The molecule has 1 aromatic heterocycles. The first-order valence-electron chi connectivity index (χ1n) is 14.8. The van der Waals surface area contributed by atoms with E-state index in [-0.39, 0.29) is 17.0 Å². The number of fused-ring (bicyclic) bond motifs is 1. The zero-order valence-corrected chi connectivity index (χ0v) is 24.3. The van der Waals surface area contributed by atoms with Gasteiger partial charge in [0.05, 0.1) is 12.8 Å². The second-order valence-corrected chi connectivity index (χ2v) is 12.7. The van der Waals surface area contributed by atoms with Crippen LogP contribution in [0.1, 0.15) is 93.9 Å². The molecule has 2 N–H and O–H groups in total. The molecule has 2 aromatic carbocycles. The Balaban J connectivity index is 1.61. The van der Waals surface area contributed by atoms with Crippen LogP contribution in [0, 0.1) is 11.8 Å². The third-order valence-corrected chi connectivity index (χ3v) is 8.93. The molecule has 1 atom stereocenters. The van der Waals surface area contributed by atoms with Gasteiger partial charge >= 0.3 is 5.97 Å². The number of pyridine rings is 1. The molecule has 40 heavy (non-hydrogen) atoms. The van der Waals surface area contributed by atoms with Crippen LogP contribution in [-0.4, -0.2) is 35.1 Å². The summed E-state index contributed by atoms with van der Waals surface area (Å²) in [4.78, 5) is 30.6. The molecule has 1 amide bonds. The van der Waals surface area contributed by atoms with Gasteiger partial charge in [0, 0.05) is 10.8 Å². The topological polar surface area (TPSA) is 88.5 Å². The zero-order valence-electron chi connectivity index (χ0n) is 24.3. The maximum atomic E-state index is 13.6. The van der Waals surface area contributed by atoms with Crippen molar-refractivity contribution in [3.63, 3.8) is 0 Å². The van der Waals surface area contributed by atoms with E-state index >= 15 is 0 Å². The number of nitrogens with zero attached hydrogens (tertiary/aromatic N) is 1. The Hall–Kier alpha value is -3.41. The molecule has 2 saturated carbocycles. The van der Waals surface area contributed by atoms with E-state index in [1.54, 1.807) is 13.2 Å². The number of carbonyl (C=O) groups is 2. The molecule has 0 radical (unpaired) electrons. The fourth-order valence-electron chi connectivity index (χ4n) is 6.63. The van der Waals surface area contributed by atoms with Gasteiger partial charge in [0.25, 0.3) is 5.91 Å². The van der Waals surface area contributed by atoms with E-state index in [1.807, 2.05) is 6.07 Å². The van der Waals surface area contributed by atoms with Crippen LogP contribution in [0.4, 0.5) is 0 Å². The predicted octanol–water partition coefficient (Wildman–Crippen LogP) is 7.31. The van der Waals surface area contributed by atoms with Crippen molar-refractivity contribution >= 4 is 22.6 Å². The highest BCUT2D eigenvalue weighted by Gasteiger charge is 2.33. The summed E-state index contributed by atoms with van der Waals surface area (Å²) < 4.78 is 5.79. The van der Waals surface area contributed by atoms with Crippen molar-refractivity contribution in [1.82, 2.24) is 10.3 Å². The van der Waals surface area contributed by atoms with Crippen LogP contribution in [0.15, 0.2) is 42.5 Å². The summed E-state index contributed by atoms with van der Waals surface area (Å²) in [5, 5.41) is 14.6. The molecule has 0 saturated heterocycles. The minimum absolute atomic E-state index is 0.0444. The number of carboxylic acid groups (broad SMARTS) is 1. The van der Waals surface area contributed by atoms with Crippen molar-refractivity contribution in [3.8, 4) is 16.9 Å².